The first kappa shape index (κ1) is 13.0. The first-order chi connectivity index (χ1) is 7.30. The van der Waals surface area contributed by atoms with Crippen molar-refractivity contribution in [3.8, 4) is 0 Å². The predicted molar refractivity (Wildman–Crippen MR) is 61.6 cm³/mol. The molecule has 1 rings (SSSR count). The second kappa shape index (κ2) is 4.82. The van der Waals surface area contributed by atoms with Crippen LogP contribution in [0.3, 0.4) is 0 Å². The second-order valence-corrected chi connectivity index (χ2v) is 5.39. The van der Waals surface area contributed by atoms with E-state index in [1.54, 1.807) is 0 Å². The van der Waals surface area contributed by atoms with Crippen molar-refractivity contribution in [2.45, 2.75) is 45.7 Å². The standard InChI is InChI=1S/C11H21N3O2/c1-11(2,3)9(12)10(16)13-6-7-4-5-8(15)14-7/h7,9H,4-6,12H2,1-3H3,(H,13,16)(H,14,15)/t7?,9-/m1/s1. The highest BCUT2D eigenvalue weighted by molar-refractivity contribution is 5.82. The van der Waals surface area contributed by atoms with Crippen LogP contribution in [0.1, 0.15) is 33.6 Å². The van der Waals surface area contributed by atoms with Crippen LogP contribution in [0.2, 0.25) is 0 Å². The third kappa shape index (κ3) is 3.48. The highest BCUT2D eigenvalue weighted by Crippen LogP contribution is 2.17. The van der Waals surface area contributed by atoms with Crippen molar-refractivity contribution in [1.82, 2.24) is 10.6 Å². The Morgan fingerprint density at radius 2 is 2.25 bits per heavy atom. The molecule has 16 heavy (non-hydrogen) atoms. The minimum absolute atomic E-state index is 0.0550. The van der Waals surface area contributed by atoms with Crippen molar-refractivity contribution in [3.05, 3.63) is 0 Å². The van der Waals surface area contributed by atoms with E-state index in [1.807, 2.05) is 20.8 Å². The van der Waals surface area contributed by atoms with Gasteiger partial charge in [0.15, 0.2) is 0 Å². The van der Waals surface area contributed by atoms with E-state index in [0.717, 1.165) is 6.42 Å². The summed E-state index contributed by atoms with van der Waals surface area (Å²) in [4.78, 5) is 22.6. The van der Waals surface area contributed by atoms with Crippen molar-refractivity contribution in [2.75, 3.05) is 6.54 Å². The Balaban J connectivity index is 2.33. The quantitative estimate of drug-likeness (QED) is 0.622. The van der Waals surface area contributed by atoms with E-state index in [4.69, 9.17) is 5.73 Å². The van der Waals surface area contributed by atoms with E-state index in [0.29, 0.717) is 13.0 Å². The summed E-state index contributed by atoms with van der Waals surface area (Å²) >= 11 is 0. The van der Waals surface area contributed by atoms with Gasteiger partial charge in [0.25, 0.3) is 0 Å². The highest BCUT2D eigenvalue weighted by Gasteiger charge is 2.28. The SMILES string of the molecule is CC(C)(C)[C@H](N)C(=O)NCC1CCC(=O)N1. The Morgan fingerprint density at radius 3 is 2.69 bits per heavy atom. The highest BCUT2D eigenvalue weighted by atomic mass is 16.2. The average molecular weight is 227 g/mol. The molecule has 2 amide bonds. The lowest BCUT2D eigenvalue weighted by atomic mass is 9.87. The lowest BCUT2D eigenvalue weighted by Crippen LogP contribution is -2.51. The van der Waals surface area contributed by atoms with E-state index >= 15 is 0 Å². The van der Waals surface area contributed by atoms with Gasteiger partial charge in [-0.3, -0.25) is 9.59 Å². The fraction of sp³-hybridized carbons (Fsp3) is 0.818. The third-order valence-electron chi connectivity index (χ3n) is 2.82. The van der Waals surface area contributed by atoms with Gasteiger partial charge in [-0.25, -0.2) is 0 Å². The number of hydrogen-bond acceptors (Lipinski definition) is 3. The lowest BCUT2D eigenvalue weighted by molar-refractivity contribution is -0.125. The number of carbonyl (C=O) groups is 2. The molecule has 5 heteroatoms. The van der Waals surface area contributed by atoms with Crippen molar-refractivity contribution in [3.63, 3.8) is 0 Å². The van der Waals surface area contributed by atoms with Gasteiger partial charge in [0.1, 0.15) is 0 Å². The molecule has 92 valence electrons. The van der Waals surface area contributed by atoms with Crippen LogP contribution < -0.4 is 16.4 Å². The van der Waals surface area contributed by atoms with Crippen molar-refractivity contribution >= 4 is 11.8 Å². The van der Waals surface area contributed by atoms with Gasteiger partial charge in [-0.2, -0.15) is 0 Å². The first-order valence-electron chi connectivity index (χ1n) is 5.63. The van der Waals surface area contributed by atoms with E-state index in [9.17, 15) is 9.59 Å². The molecule has 0 saturated carbocycles. The molecule has 0 aromatic carbocycles. The van der Waals surface area contributed by atoms with Gasteiger partial charge in [-0.05, 0) is 11.8 Å². The molecule has 5 nitrogen and oxygen atoms in total. The largest absolute Gasteiger partial charge is 0.353 e. The van der Waals surface area contributed by atoms with Crippen LogP contribution in [0.25, 0.3) is 0 Å². The van der Waals surface area contributed by atoms with Gasteiger partial charge < -0.3 is 16.4 Å². The monoisotopic (exact) mass is 227 g/mol. The summed E-state index contributed by atoms with van der Waals surface area (Å²) in [5.74, 6) is -0.104. The molecule has 0 spiro atoms. The number of carbonyl (C=O) groups excluding carboxylic acids is 2. The number of rotatable bonds is 3. The van der Waals surface area contributed by atoms with Crippen LogP contribution in [0.5, 0.6) is 0 Å². The average Bonchev–Trinajstić information content (AvgIpc) is 2.58. The van der Waals surface area contributed by atoms with Crippen molar-refractivity contribution in [2.24, 2.45) is 11.1 Å². The van der Waals surface area contributed by atoms with E-state index in [-0.39, 0.29) is 23.3 Å². The zero-order chi connectivity index (χ0) is 12.3. The molecule has 0 aliphatic carbocycles. The van der Waals surface area contributed by atoms with E-state index in [1.165, 1.54) is 0 Å². The van der Waals surface area contributed by atoms with Crippen molar-refractivity contribution < 1.29 is 9.59 Å². The minimum atomic E-state index is -0.524. The Bertz CT molecular complexity index is 283. The molecule has 0 radical (unpaired) electrons. The van der Waals surface area contributed by atoms with Crippen LogP contribution in [0.4, 0.5) is 0 Å². The summed E-state index contributed by atoms with van der Waals surface area (Å²) in [6.45, 7) is 6.24. The maximum atomic E-state index is 11.7. The first-order valence-corrected chi connectivity index (χ1v) is 5.63. The summed E-state index contributed by atoms with van der Waals surface area (Å²) < 4.78 is 0. The summed E-state index contributed by atoms with van der Waals surface area (Å²) in [5, 5.41) is 5.57. The topological polar surface area (TPSA) is 84.2 Å². The molecule has 0 aromatic rings. The maximum absolute atomic E-state index is 11.7. The van der Waals surface area contributed by atoms with Crippen LogP contribution in [-0.4, -0.2) is 30.4 Å². The summed E-state index contributed by atoms with van der Waals surface area (Å²) in [6, 6.07) is -0.465. The van der Waals surface area contributed by atoms with Crippen LogP contribution in [0.15, 0.2) is 0 Å². The number of nitrogens with two attached hydrogens (primary N) is 1. The molecule has 1 fully saturated rings. The second-order valence-electron chi connectivity index (χ2n) is 5.39. The molecular weight excluding hydrogens is 206 g/mol. The normalized spacial score (nSPS) is 22.8. The van der Waals surface area contributed by atoms with Gasteiger partial charge in [0.05, 0.1) is 6.04 Å². The molecule has 1 unspecified atom stereocenters. The molecule has 2 atom stereocenters. The van der Waals surface area contributed by atoms with Gasteiger partial charge in [0, 0.05) is 19.0 Å². The zero-order valence-electron chi connectivity index (χ0n) is 10.2. The summed E-state index contributed by atoms with van der Waals surface area (Å²) in [6.07, 6.45) is 1.33. The van der Waals surface area contributed by atoms with Crippen LogP contribution >= 0.6 is 0 Å². The summed E-state index contributed by atoms with van der Waals surface area (Å²) in [7, 11) is 0. The van der Waals surface area contributed by atoms with Crippen LogP contribution in [0, 0.1) is 5.41 Å². The van der Waals surface area contributed by atoms with E-state index < -0.39 is 6.04 Å². The molecule has 1 saturated heterocycles. The maximum Gasteiger partial charge on any atom is 0.237 e. The molecule has 1 aliphatic rings. The number of hydrogen-bond donors (Lipinski definition) is 3. The van der Waals surface area contributed by atoms with Crippen LogP contribution in [-0.2, 0) is 9.59 Å². The van der Waals surface area contributed by atoms with Gasteiger partial charge in [0.2, 0.25) is 11.8 Å². The predicted octanol–water partition coefficient (Wildman–Crippen LogP) is -0.245. The molecule has 1 aliphatic heterocycles. The molecule has 0 bridgehead atoms. The number of nitrogens with one attached hydrogen (secondary N) is 2. The Labute approximate surface area is 96.1 Å². The number of amides is 2. The lowest BCUT2D eigenvalue weighted by Gasteiger charge is -2.26. The zero-order valence-corrected chi connectivity index (χ0v) is 10.2. The molecular formula is C11H21N3O2. The summed E-state index contributed by atoms with van der Waals surface area (Å²) in [5.41, 5.74) is 5.56. The smallest absolute Gasteiger partial charge is 0.237 e. The van der Waals surface area contributed by atoms with Gasteiger partial charge >= 0.3 is 0 Å². The molecule has 4 N–H and O–H groups in total. The minimum Gasteiger partial charge on any atom is -0.353 e. The third-order valence-corrected chi connectivity index (χ3v) is 2.82. The van der Waals surface area contributed by atoms with Gasteiger partial charge in [-0.15, -0.1) is 0 Å². The Kier molecular flexibility index (Phi) is 3.91. The fourth-order valence-corrected chi connectivity index (χ4v) is 1.56. The van der Waals surface area contributed by atoms with Crippen molar-refractivity contribution in [1.29, 1.82) is 0 Å². The molecule has 0 aromatic heterocycles. The fourth-order valence-electron chi connectivity index (χ4n) is 1.56. The van der Waals surface area contributed by atoms with Gasteiger partial charge in [-0.1, -0.05) is 20.8 Å². The molecule has 1 heterocycles. The van der Waals surface area contributed by atoms with E-state index in [2.05, 4.69) is 10.6 Å². The Hall–Kier alpha value is -1.10. The Morgan fingerprint density at radius 1 is 1.62 bits per heavy atom.